The van der Waals surface area contributed by atoms with E-state index < -0.39 is 0 Å². The Labute approximate surface area is 177 Å². The summed E-state index contributed by atoms with van der Waals surface area (Å²) in [6.45, 7) is 2.93. The van der Waals surface area contributed by atoms with Crippen LogP contribution in [0.4, 0.5) is 0 Å². The van der Waals surface area contributed by atoms with E-state index in [0.29, 0.717) is 11.8 Å². The molecule has 1 aliphatic carbocycles. The Balaban J connectivity index is 1.31. The predicted octanol–water partition coefficient (Wildman–Crippen LogP) is 3.50. The summed E-state index contributed by atoms with van der Waals surface area (Å²) in [4.78, 5) is 7.04. The van der Waals surface area contributed by atoms with Crippen LogP contribution in [-0.2, 0) is 6.54 Å². The highest BCUT2D eigenvalue weighted by molar-refractivity contribution is 5.75. The maximum Gasteiger partial charge on any atom is 0.127 e. The Kier molecular flexibility index (Phi) is 5.13. The average Bonchev–Trinajstić information content (AvgIpc) is 3.36. The van der Waals surface area contributed by atoms with Crippen molar-refractivity contribution in [2.45, 2.75) is 31.5 Å². The van der Waals surface area contributed by atoms with Crippen LogP contribution in [0.5, 0.6) is 11.5 Å². The van der Waals surface area contributed by atoms with Crippen LogP contribution in [0, 0.1) is 11.8 Å². The first-order chi connectivity index (χ1) is 14.7. The van der Waals surface area contributed by atoms with Gasteiger partial charge in [-0.15, -0.1) is 0 Å². The van der Waals surface area contributed by atoms with Crippen LogP contribution in [-0.4, -0.2) is 53.0 Å². The summed E-state index contributed by atoms with van der Waals surface area (Å²) in [7, 11) is 3.38. The van der Waals surface area contributed by atoms with Crippen molar-refractivity contribution in [1.82, 2.24) is 14.5 Å². The first-order valence-electron chi connectivity index (χ1n) is 10.7. The number of aromatic nitrogens is 2. The van der Waals surface area contributed by atoms with Crippen molar-refractivity contribution in [3.05, 3.63) is 54.4 Å². The normalized spacial score (nSPS) is 26.6. The molecule has 1 saturated carbocycles. The van der Waals surface area contributed by atoms with Crippen LogP contribution in [0.1, 0.15) is 24.4 Å². The van der Waals surface area contributed by atoms with Crippen LogP contribution >= 0.6 is 0 Å². The number of ether oxygens (including phenoxy) is 2. The van der Waals surface area contributed by atoms with Crippen molar-refractivity contribution in [3.63, 3.8) is 0 Å². The summed E-state index contributed by atoms with van der Waals surface area (Å²) in [6, 6.07) is 14.3. The van der Waals surface area contributed by atoms with Gasteiger partial charge in [0.15, 0.2) is 0 Å². The highest BCUT2D eigenvalue weighted by Crippen LogP contribution is 2.43. The lowest BCUT2D eigenvalue weighted by molar-refractivity contribution is 0.0374. The van der Waals surface area contributed by atoms with Crippen LogP contribution in [0.25, 0.3) is 11.0 Å². The number of imidazole rings is 1. The number of aliphatic hydroxyl groups excluding tert-OH is 1. The van der Waals surface area contributed by atoms with Crippen molar-refractivity contribution in [2.24, 2.45) is 11.8 Å². The van der Waals surface area contributed by atoms with E-state index in [0.717, 1.165) is 55.0 Å². The summed E-state index contributed by atoms with van der Waals surface area (Å²) in [5, 5.41) is 11.0. The molecule has 158 valence electrons. The fourth-order valence-corrected chi connectivity index (χ4v) is 5.40. The number of rotatable bonds is 5. The second kappa shape index (κ2) is 7.93. The van der Waals surface area contributed by atoms with Crippen molar-refractivity contribution in [2.75, 3.05) is 27.3 Å². The molecule has 0 radical (unpaired) electrons. The van der Waals surface area contributed by atoms with Gasteiger partial charge in [-0.3, -0.25) is 4.90 Å². The van der Waals surface area contributed by atoms with Gasteiger partial charge in [0.1, 0.15) is 11.5 Å². The molecule has 1 aromatic heterocycles. The number of benzene rings is 2. The van der Waals surface area contributed by atoms with Gasteiger partial charge in [-0.05, 0) is 42.9 Å². The van der Waals surface area contributed by atoms with E-state index in [-0.39, 0.29) is 12.1 Å². The zero-order valence-electron chi connectivity index (χ0n) is 17.6. The number of aliphatic hydroxyl groups is 1. The van der Waals surface area contributed by atoms with E-state index in [1.54, 1.807) is 14.2 Å². The quantitative estimate of drug-likeness (QED) is 0.702. The number of fused-ring (bicyclic) bond motifs is 2. The smallest absolute Gasteiger partial charge is 0.127 e. The monoisotopic (exact) mass is 407 g/mol. The maximum atomic E-state index is 11.0. The highest BCUT2D eigenvalue weighted by Gasteiger charge is 2.42. The molecule has 4 atom stereocenters. The molecule has 0 unspecified atom stereocenters. The zero-order valence-corrected chi connectivity index (χ0v) is 17.6. The van der Waals surface area contributed by atoms with E-state index in [2.05, 4.69) is 26.6 Å². The third-order valence-electron chi connectivity index (χ3n) is 6.91. The number of nitrogens with zero attached hydrogens (tertiary/aromatic N) is 3. The zero-order chi connectivity index (χ0) is 20.7. The molecule has 2 heterocycles. The summed E-state index contributed by atoms with van der Waals surface area (Å²) in [5.41, 5.74) is 3.28. The minimum absolute atomic E-state index is 0.0918. The van der Waals surface area contributed by atoms with Crippen LogP contribution < -0.4 is 9.47 Å². The molecule has 2 fully saturated rings. The Bertz CT molecular complexity index is 1030. The first-order valence-corrected chi connectivity index (χ1v) is 10.7. The number of para-hydroxylation sites is 2. The topological polar surface area (TPSA) is 59.8 Å². The largest absolute Gasteiger partial charge is 0.497 e. The molecule has 5 rings (SSSR count). The standard InChI is InChI=1S/C24H29N3O3/c1-29-19-8-7-16(24(11-19)30-2)12-26-13-17-9-22(23(28)10-18(17)14-26)27-15-25-20-5-3-4-6-21(20)27/h3-8,11,15,17-18,22-23,28H,9-10,12-14H2,1-2H3/t17-,18+,22-,23-/m1/s1. The summed E-state index contributed by atoms with van der Waals surface area (Å²) < 4.78 is 13.1. The van der Waals surface area contributed by atoms with Crippen LogP contribution in [0.3, 0.4) is 0 Å². The maximum absolute atomic E-state index is 11.0. The second-order valence-electron chi connectivity index (χ2n) is 8.64. The Hall–Kier alpha value is -2.57. The van der Waals surface area contributed by atoms with Gasteiger partial charge in [-0.1, -0.05) is 18.2 Å². The molecule has 0 amide bonds. The van der Waals surface area contributed by atoms with Gasteiger partial charge in [0, 0.05) is 31.3 Å². The Morgan fingerprint density at radius 3 is 2.63 bits per heavy atom. The summed E-state index contributed by atoms with van der Waals surface area (Å²) >= 11 is 0. The van der Waals surface area contributed by atoms with Crippen molar-refractivity contribution in [1.29, 1.82) is 0 Å². The van der Waals surface area contributed by atoms with Gasteiger partial charge < -0.3 is 19.1 Å². The molecule has 1 N–H and O–H groups in total. The van der Waals surface area contributed by atoms with Gasteiger partial charge in [0.2, 0.25) is 0 Å². The number of methoxy groups -OCH3 is 2. The third-order valence-corrected chi connectivity index (χ3v) is 6.91. The molecule has 0 bridgehead atoms. The lowest BCUT2D eigenvalue weighted by atomic mass is 9.77. The fourth-order valence-electron chi connectivity index (χ4n) is 5.40. The number of hydrogen-bond donors (Lipinski definition) is 1. The molecule has 30 heavy (non-hydrogen) atoms. The molecular weight excluding hydrogens is 378 g/mol. The minimum atomic E-state index is -0.334. The molecule has 6 heteroatoms. The van der Waals surface area contributed by atoms with E-state index in [1.807, 2.05) is 36.7 Å². The third kappa shape index (κ3) is 3.44. The SMILES string of the molecule is COc1ccc(CN2C[C@H]3C[C@@H](n4cnc5ccccc54)[C@H](O)C[C@H]3C2)c(OC)c1. The Morgan fingerprint density at radius 2 is 1.83 bits per heavy atom. The fraction of sp³-hybridized carbons (Fsp3) is 0.458. The number of likely N-dealkylation sites (tertiary alicyclic amines) is 1. The molecule has 0 spiro atoms. The Morgan fingerprint density at radius 1 is 1.03 bits per heavy atom. The van der Waals surface area contributed by atoms with E-state index >= 15 is 0 Å². The van der Waals surface area contributed by atoms with Gasteiger partial charge in [0.05, 0.1) is 43.7 Å². The molecule has 2 aromatic carbocycles. The number of hydrogen-bond acceptors (Lipinski definition) is 5. The lowest BCUT2D eigenvalue weighted by Gasteiger charge is -2.36. The molecular formula is C24H29N3O3. The highest BCUT2D eigenvalue weighted by atomic mass is 16.5. The van der Waals surface area contributed by atoms with Crippen molar-refractivity contribution in [3.8, 4) is 11.5 Å². The van der Waals surface area contributed by atoms with Gasteiger partial charge >= 0.3 is 0 Å². The van der Waals surface area contributed by atoms with Crippen LogP contribution in [0.2, 0.25) is 0 Å². The first kappa shape index (κ1) is 19.4. The van der Waals surface area contributed by atoms with Gasteiger partial charge in [-0.2, -0.15) is 0 Å². The molecule has 1 aliphatic heterocycles. The second-order valence-corrected chi connectivity index (χ2v) is 8.64. The molecule has 2 aliphatic rings. The van der Waals surface area contributed by atoms with Crippen molar-refractivity contribution < 1.29 is 14.6 Å². The summed E-state index contributed by atoms with van der Waals surface area (Å²) in [6.07, 6.45) is 3.40. The predicted molar refractivity (Wildman–Crippen MR) is 116 cm³/mol. The van der Waals surface area contributed by atoms with E-state index in [9.17, 15) is 5.11 Å². The molecule has 1 saturated heterocycles. The lowest BCUT2D eigenvalue weighted by Crippen LogP contribution is -2.36. The molecule has 3 aromatic rings. The average molecular weight is 408 g/mol. The van der Waals surface area contributed by atoms with Crippen LogP contribution in [0.15, 0.2) is 48.8 Å². The summed E-state index contributed by atoms with van der Waals surface area (Å²) in [5.74, 6) is 2.80. The van der Waals surface area contributed by atoms with E-state index in [1.165, 1.54) is 5.56 Å². The minimum Gasteiger partial charge on any atom is -0.497 e. The van der Waals surface area contributed by atoms with E-state index in [4.69, 9.17) is 9.47 Å². The molecule has 6 nitrogen and oxygen atoms in total. The van der Waals surface area contributed by atoms with Crippen molar-refractivity contribution >= 4 is 11.0 Å². The van der Waals surface area contributed by atoms with Gasteiger partial charge in [0.25, 0.3) is 0 Å². The van der Waals surface area contributed by atoms with Gasteiger partial charge in [-0.25, -0.2) is 4.98 Å².